The van der Waals surface area contributed by atoms with Crippen molar-refractivity contribution < 1.29 is 29.6 Å². The normalized spacial score (nSPS) is 10.4. The summed E-state index contributed by atoms with van der Waals surface area (Å²) in [5.41, 5.74) is 0.219. The number of hydrogen-bond donors (Lipinski definition) is 3. The van der Waals surface area contributed by atoms with Gasteiger partial charge in [-0.15, -0.1) is 0 Å². The molecule has 6 nitrogen and oxygen atoms in total. The van der Waals surface area contributed by atoms with Gasteiger partial charge in [-0.2, -0.15) is 0 Å². The van der Waals surface area contributed by atoms with Crippen LogP contribution in [0.15, 0.2) is 11.8 Å². The molecular formula is C10H20O6. The van der Waals surface area contributed by atoms with Crippen LogP contribution in [0.2, 0.25) is 0 Å². The zero-order valence-electron chi connectivity index (χ0n) is 9.68. The summed E-state index contributed by atoms with van der Waals surface area (Å²) < 4.78 is 9.35. The lowest BCUT2D eigenvalue weighted by molar-refractivity contribution is -0.132. The highest BCUT2D eigenvalue weighted by Gasteiger charge is 1.97. The second-order valence-corrected chi connectivity index (χ2v) is 2.62. The highest BCUT2D eigenvalue weighted by Crippen LogP contribution is 1.91. The Balaban J connectivity index is 0. The molecule has 0 heterocycles. The van der Waals surface area contributed by atoms with Gasteiger partial charge in [-0.1, -0.05) is 0 Å². The predicted molar refractivity (Wildman–Crippen MR) is 58.0 cm³/mol. The SMILES string of the molecule is CCOC=C(C)C(=O)O.OCCOCCO. The first-order valence-electron chi connectivity index (χ1n) is 4.91. The number of hydrogen-bond acceptors (Lipinski definition) is 5. The second kappa shape index (κ2) is 13.9. The van der Waals surface area contributed by atoms with E-state index in [2.05, 4.69) is 4.74 Å². The van der Waals surface area contributed by atoms with Crippen LogP contribution < -0.4 is 0 Å². The molecule has 0 aliphatic rings. The molecule has 0 rings (SSSR count). The van der Waals surface area contributed by atoms with Gasteiger partial charge in [-0.3, -0.25) is 0 Å². The van der Waals surface area contributed by atoms with Crippen LogP contribution in [0.25, 0.3) is 0 Å². The zero-order valence-corrected chi connectivity index (χ0v) is 9.68. The van der Waals surface area contributed by atoms with Crippen molar-refractivity contribution in [2.75, 3.05) is 33.0 Å². The van der Waals surface area contributed by atoms with E-state index in [9.17, 15) is 4.79 Å². The molecule has 3 N–H and O–H groups in total. The van der Waals surface area contributed by atoms with Crippen LogP contribution in [-0.2, 0) is 14.3 Å². The van der Waals surface area contributed by atoms with Crippen LogP contribution in [0.5, 0.6) is 0 Å². The third-order valence-electron chi connectivity index (χ3n) is 1.24. The second-order valence-electron chi connectivity index (χ2n) is 2.62. The predicted octanol–water partition coefficient (Wildman–Crippen LogP) is -0.00110. The number of carboxylic acid groups (broad SMARTS) is 1. The summed E-state index contributed by atoms with van der Waals surface area (Å²) in [4.78, 5) is 10.1. The molecule has 0 saturated heterocycles. The van der Waals surface area contributed by atoms with E-state index in [0.29, 0.717) is 19.8 Å². The molecule has 0 unspecified atom stereocenters. The van der Waals surface area contributed by atoms with E-state index in [4.69, 9.17) is 20.1 Å². The summed E-state index contributed by atoms with van der Waals surface area (Å²) in [6, 6.07) is 0. The van der Waals surface area contributed by atoms with Gasteiger partial charge in [0.2, 0.25) is 0 Å². The summed E-state index contributed by atoms with van der Waals surface area (Å²) in [6.07, 6.45) is 1.24. The molecular weight excluding hydrogens is 216 g/mol. The van der Waals surface area contributed by atoms with Crippen LogP contribution in [-0.4, -0.2) is 54.3 Å². The molecule has 0 aromatic rings. The van der Waals surface area contributed by atoms with E-state index in [-0.39, 0.29) is 18.8 Å². The number of rotatable bonds is 7. The van der Waals surface area contributed by atoms with Gasteiger partial charge in [0.25, 0.3) is 0 Å². The minimum Gasteiger partial charge on any atom is -0.501 e. The Morgan fingerprint density at radius 1 is 1.25 bits per heavy atom. The van der Waals surface area contributed by atoms with Crippen molar-refractivity contribution in [3.63, 3.8) is 0 Å². The monoisotopic (exact) mass is 236 g/mol. The lowest BCUT2D eigenvalue weighted by atomic mass is 10.3. The Bertz CT molecular complexity index is 186. The van der Waals surface area contributed by atoms with Crippen molar-refractivity contribution in [3.8, 4) is 0 Å². The molecule has 0 bridgehead atoms. The Morgan fingerprint density at radius 2 is 1.75 bits per heavy atom. The minimum absolute atomic E-state index is 0.0278. The molecule has 0 spiro atoms. The van der Waals surface area contributed by atoms with Crippen molar-refractivity contribution in [2.45, 2.75) is 13.8 Å². The molecule has 0 atom stereocenters. The standard InChI is InChI=1S/C6H10O3.C4H10O3/c1-3-9-4-5(2)6(7)8;5-1-3-7-4-2-6/h4H,3H2,1-2H3,(H,7,8);5-6H,1-4H2. The Labute approximate surface area is 95.1 Å². The van der Waals surface area contributed by atoms with E-state index in [1.165, 1.54) is 13.2 Å². The largest absolute Gasteiger partial charge is 0.501 e. The lowest BCUT2D eigenvalue weighted by Crippen LogP contribution is -2.03. The molecule has 0 fully saturated rings. The third kappa shape index (κ3) is 15.4. The molecule has 0 aliphatic carbocycles. The Kier molecular flexibility index (Phi) is 15.0. The third-order valence-corrected chi connectivity index (χ3v) is 1.24. The summed E-state index contributed by atoms with van der Waals surface area (Å²) in [7, 11) is 0. The van der Waals surface area contributed by atoms with Gasteiger partial charge in [0, 0.05) is 0 Å². The van der Waals surface area contributed by atoms with Crippen molar-refractivity contribution in [2.24, 2.45) is 0 Å². The first-order chi connectivity index (χ1) is 7.59. The fraction of sp³-hybridized carbons (Fsp3) is 0.700. The molecule has 96 valence electrons. The van der Waals surface area contributed by atoms with Crippen LogP contribution in [0.4, 0.5) is 0 Å². The summed E-state index contributed by atoms with van der Waals surface area (Å²) in [5.74, 6) is -0.941. The quantitative estimate of drug-likeness (QED) is 0.327. The molecule has 0 amide bonds. The highest BCUT2D eigenvalue weighted by molar-refractivity contribution is 5.85. The van der Waals surface area contributed by atoms with Crippen LogP contribution in [0.3, 0.4) is 0 Å². The molecule has 0 aromatic carbocycles. The molecule has 0 radical (unpaired) electrons. The summed E-state index contributed by atoms with van der Waals surface area (Å²) in [6.45, 7) is 4.48. The average molecular weight is 236 g/mol. The first-order valence-corrected chi connectivity index (χ1v) is 4.91. The van der Waals surface area contributed by atoms with E-state index < -0.39 is 5.97 Å². The number of aliphatic carboxylic acids is 1. The van der Waals surface area contributed by atoms with Crippen molar-refractivity contribution in [1.29, 1.82) is 0 Å². The van der Waals surface area contributed by atoms with E-state index in [1.807, 2.05) is 0 Å². The number of carbonyl (C=O) groups is 1. The maximum atomic E-state index is 10.1. The van der Waals surface area contributed by atoms with Crippen molar-refractivity contribution in [3.05, 3.63) is 11.8 Å². The lowest BCUT2D eigenvalue weighted by Gasteiger charge is -1.94. The van der Waals surface area contributed by atoms with E-state index in [1.54, 1.807) is 6.92 Å². The van der Waals surface area contributed by atoms with Crippen molar-refractivity contribution >= 4 is 5.97 Å². The maximum Gasteiger partial charge on any atom is 0.334 e. The first kappa shape index (κ1) is 17.3. The Morgan fingerprint density at radius 3 is 2.06 bits per heavy atom. The maximum absolute atomic E-state index is 10.1. The van der Waals surface area contributed by atoms with Gasteiger partial charge in [-0.05, 0) is 13.8 Å². The molecule has 16 heavy (non-hydrogen) atoms. The van der Waals surface area contributed by atoms with Crippen LogP contribution in [0.1, 0.15) is 13.8 Å². The molecule has 0 saturated carbocycles. The minimum atomic E-state index is -0.941. The summed E-state index contributed by atoms with van der Waals surface area (Å²) >= 11 is 0. The smallest absolute Gasteiger partial charge is 0.334 e. The molecule has 0 aromatic heterocycles. The van der Waals surface area contributed by atoms with Gasteiger partial charge in [-0.25, -0.2) is 4.79 Å². The van der Waals surface area contributed by atoms with Gasteiger partial charge in [0.15, 0.2) is 0 Å². The van der Waals surface area contributed by atoms with Gasteiger partial charge < -0.3 is 24.8 Å². The molecule has 6 heteroatoms. The fourth-order valence-corrected chi connectivity index (χ4v) is 0.490. The average Bonchev–Trinajstić information content (AvgIpc) is 2.27. The summed E-state index contributed by atoms with van der Waals surface area (Å²) in [5, 5.41) is 24.4. The van der Waals surface area contributed by atoms with Gasteiger partial charge in [0.05, 0.1) is 44.9 Å². The fourth-order valence-electron chi connectivity index (χ4n) is 0.490. The number of aliphatic hydroxyl groups excluding tert-OH is 2. The number of aliphatic hydroxyl groups is 2. The number of ether oxygens (including phenoxy) is 2. The van der Waals surface area contributed by atoms with Gasteiger partial charge in [0.1, 0.15) is 0 Å². The van der Waals surface area contributed by atoms with Crippen LogP contribution >= 0.6 is 0 Å². The van der Waals surface area contributed by atoms with E-state index >= 15 is 0 Å². The van der Waals surface area contributed by atoms with Gasteiger partial charge >= 0.3 is 5.97 Å². The number of carboxylic acids is 1. The topological polar surface area (TPSA) is 96.2 Å². The molecule has 0 aliphatic heterocycles. The van der Waals surface area contributed by atoms with E-state index in [0.717, 1.165) is 0 Å². The zero-order chi connectivity index (χ0) is 12.8. The Hall–Kier alpha value is -1.11. The highest BCUT2D eigenvalue weighted by atomic mass is 16.5. The van der Waals surface area contributed by atoms with Crippen LogP contribution in [0, 0.1) is 0 Å². The van der Waals surface area contributed by atoms with Crippen molar-refractivity contribution in [1.82, 2.24) is 0 Å².